The van der Waals surface area contributed by atoms with Crippen LogP contribution in [0.4, 0.5) is 0 Å². The molecule has 3 N–H and O–H groups in total. The van der Waals surface area contributed by atoms with Crippen LogP contribution in [0, 0.1) is 0 Å². The fourth-order valence-electron chi connectivity index (χ4n) is 2.22. The number of nitrogens with zero attached hydrogens (tertiary/aromatic N) is 1. The fourth-order valence-corrected chi connectivity index (χ4v) is 4.24. The number of hydrogen-bond donors (Lipinski definition) is 2. The first-order chi connectivity index (χ1) is 7.55. The third-order valence-corrected chi connectivity index (χ3v) is 5.00. The lowest BCUT2D eigenvalue weighted by Crippen LogP contribution is -2.61. The topological polar surface area (TPSA) is 84.7 Å². The van der Waals surface area contributed by atoms with Crippen molar-refractivity contribution in [3.05, 3.63) is 0 Å². The van der Waals surface area contributed by atoms with Crippen molar-refractivity contribution in [3.63, 3.8) is 0 Å². The Morgan fingerprint density at radius 2 is 2.06 bits per heavy atom. The van der Waals surface area contributed by atoms with E-state index in [1.807, 2.05) is 5.01 Å². The monoisotopic (exact) mass is 249 g/mol. The summed E-state index contributed by atoms with van der Waals surface area (Å²) in [6.45, 7) is 3.27. The minimum absolute atomic E-state index is 0.147. The lowest BCUT2D eigenvalue weighted by atomic mass is 10.0. The van der Waals surface area contributed by atoms with Gasteiger partial charge in [-0.15, -0.1) is 0 Å². The van der Waals surface area contributed by atoms with Crippen molar-refractivity contribution in [2.75, 3.05) is 44.4 Å². The third kappa shape index (κ3) is 2.72. The van der Waals surface area contributed by atoms with Crippen molar-refractivity contribution < 1.29 is 13.2 Å². The molecular weight excluding hydrogens is 230 g/mol. The van der Waals surface area contributed by atoms with Gasteiger partial charge in [-0.05, 0) is 6.42 Å². The highest BCUT2D eigenvalue weighted by atomic mass is 32.2. The smallest absolute Gasteiger partial charge is 0.152 e. The molecule has 0 spiro atoms. The van der Waals surface area contributed by atoms with E-state index in [1.165, 1.54) is 0 Å². The molecule has 2 fully saturated rings. The maximum atomic E-state index is 11.5. The molecule has 2 saturated heterocycles. The molecule has 6 nitrogen and oxygen atoms in total. The highest BCUT2D eigenvalue weighted by molar-refractivity contribution is 7.91. The number of morpholine rings is 1. The van der Waals surface area contributed by atoms with Crippen LogP contribution >= 0.6 is 0 Å². The molecule has 7 heteroatoms. The summed E-state index contributed by atoms with van der Waals surface area (Å²) in [5.41, 5.74) is 8.55. The Labute approximate surface area is 96.0 Å². The molecular formula is C9H19N3O3S. The molecule has 16 heavy (non-hydrogen) atoms. The minimum Gasteiger partial charge on any atom is -0.379 e. The predicted octanol–water partition coefficient (Wildman–Crippen LogP) is -1.66. The van der Waals surface area contributed by atoms with E-state index in [9.17, 15) is 8.42 Å². The molecule has 1 atom stereocenters. The second-order valence-electron chi connectivity index (χ2n) is 4.54. The van der Waals surface area contributed by atoms with E-state index in [4.69, 9.17) is 10.5 Å². The van der Waals surface area contributed by atoms with E-state index in [-0.39, 0.29) is 11.5 Å². The molecule has 2 rings (SSSR count). The number of rotatable bonds is 3. The third-order valence-electron chi connectivity index (χ3n) is 3.18. The lowest BCUT2D eigenvalue weighted by molar-refractivity contribution is -0.00776. The first kappa shape index (κ1) is 12.3. The Morgan fingerprint density at radius 3 is 2.56 bits per heavy atom. The molecule has 94 valence electrons. The van der Waals surface area contributed by atoms with Gasteiger partial charge in [0, 0.05) is 19.6 Å². The maximum Gasteiger partial charge on any atom is 0.152 e. The van der Waals surface area contributed by atoms with Gasteiger partial charge in [0.15, 0.2) is 9.84 Å². The van der Waals surface area contributed by atoms with Crippen LogP contribution in [0.15, 0.2) is 0 Å². The van der Waals surface area contributed by atoms with Crippen LogP contribution in [0.5, 0.6) is 0 Å². The van der Waals surface area contributed by atoms with Gasteiger partial charge in [0.2, 0.25) is 0 Å². The van der Waals surface area contributed by atoms with Gasteiger partial charge < -0.3 is 10.5 Å². The zero-order valence-electron chi connectivity index (χ0n) is 9.31. The number of nitrogens with one attached hydrogen (secondary N) is 1. The van der Waals surface area contributed by atoms with Crippen LogP contribution in [0.25, 0.3) is 0 Å². The van der Waals surface area contributed by atoms with Crippen molar-refractivity contribution in [1.82, 2.24) is 10.4 Å². The lowest BCUT2D eigenvalue weighted by Gasteiger charge is -2.37. The quantitative estimate of drug-likeness (QED) is 0.623. The molecule has 0 radical (unpaired) electrons. The molecule has 2 heterocycles. The summed E-state index contributed by atoms with van der Waals surface area (Å²) >= 11 is 0. The predicted molar refractivity (Wildman–Crippen MR) is 60.6 cm³/mol. The molecule has 0 aromatic carbocycles. The molecule has 2 aliphatic rings. The first-order valence-electron chi connectivity index (χ1n) is 5.56. The van der Waals surface area contributed by atoms with Crippen molar-refractivity contribution in [2.45, 2.75) is 12.0 Å². The SMILES string of the molecule is NCC1(NN2CCOCC2)CCS(=O)(=O)C1. The normalized spacial score (nSPS) is 35.3. The second-order valence-corrected chi connectivity index (χ2v) is 6.72. The van der Waals surface area contributed by atoms with Crippen LogP contribution in [0.2, 0.25) is 0 Å². The molecule has 1 unspecified atom stereocenters. The van der Waals surface area contributed by atoms with E-state index in [2.05, 4.69) is 5.43 Å². The van der Waals surface area contributed by atoms with E-state index in [1.54, 1.807) is 0 Å². The maximum absolute atomic E-state index is 11.5. The molecule has 2 aliphatic heterocycles. The van der Waals surface area contributed by atoms with Crippen LogP contribution < -0.4 is 11.2 Å². The number of hydrogen-bond acceptors (Lipinski definition) is 6. The molecule has 0 bridgehead atoms. The summed E-state index contributed by atoms with van der Waals surface area (Å²) in [5, 5.41) is 2.02. The molecule has 0 aliphatic carbocycles. The number of nitrogens with two attached hydrogens (primary N) is 1. The molecule has 0 amide bonds. The van der Waals surface area contributed by atoms with Crippen molar-refractivity contribution in [2.24, 2.45) is 5.73 Å². The average Bonchev–Trinajstić information content (AvgIpc) is 2.57. The first-order valence-corrected chi connectivity index (χ1v) is 7.38. The van der Waals surface area contributed by atoms with Crippen molar-refractivity contribution in [3.8, 4) is 0 Å². The molecule has 0 aromatic rings. The summed E-state index contributed by atoms with van der Waals surface area (Å²) < 4.78 is 28.3. The Hall–Kier alpha value is -0.210. The van der Waals surface area contributed by atoms with Crippen molar-refractivity contribution in [1.29, 1.82) is 0 Å². The van der Waals surface area contributed by atoms with Gasteiger partial charge in [0.05, 0.1) is 30.3 Å². The summed E-state index contributed by atoms with van der Waals surface area (Å²) in [6.07, 6.45) is 0.600. The van der Waals surface area contributed by atoms with Crippen LogP contribution in [-0.2, 0) is 14.6 Å². The fraction of sp³-hybridized carbons (Fsp3) is 1.00. The van der Waals surface area contributed by atoms with E-state index >= 15 is 0 Å². The highest BCUT2D eigenvalue weighted by Crippen LogP contribution is 2.23. The van der Waals surface area contributed by atoms with Gasteiger partial charge >= 0.3 is 0 Å². The zero-order valence-corrected chi connectivity index (χ0v) is 10.1. The number of ether oxygens (including phenoxy) is 1. The van der Waals surface area contributed by atoms with E-state index in [0.717, 1.165) is 13.1 Å². The number of hydrazine groups is 1. The van der Waals surface area contributed by atoms with Crippen molar-refractivity contribution >= 4 is 9.84 Å². The van der Waals surface area contributed by atoms with Gasteiger partial charge in [-0.1, -0.05) is 0 Å². The minimum atomic E-state index is -2.92. The highest BCUT2D eigenvalue weighted by Gasteiger charge is 2.42. The summed E-state index contributed by atoms with van der Waals surface area (Å²) in [4.78, 5) is 0. The van der Waals surface area contributed by atoms with Gasteiger partial charge in [-0.2, -0.15) is 0 Å². The average molecular weight is 249 g/mol. The van der Waals surface area contributed by atoms with Crippen LogP contribution in [-0.4, -0.2) is 63.3 Å². The van der Waals surface area contributed by atoms with E-state index in [0.29, 0.717) is 26.2 Å². The van der Waals surface area contributed by atoms with Gasteiger partial charge in [-0.3, -0.25) is 0 Å². The standard InChI is InChI=1S/C9H19N3O3S/c10-7-9(1-6-16(13,14)8-9)11-12-2-4-15-5-3-12/h11H,1-8,10H2. The van der Waals surface area contributed by atoms with Gasteiger partial charge in [0.25, 0.3) is 0 Å². The van der Waals surface area contributed by atoms with Crippen LogP contribution in [0.3, 0.4) is 0 Å². The Balaban J connectivity index is 1.99. The Kier molecular flexibility index (Phi) is 3.50. The Bertz CT molecular complexity index is 340. The molecule has 0 aromatic heterocycles. The summed E-state index contributed by atoms with van der Waals surface area (Å²) in [5.74, 6) is 0.384. The summed E-state index contributed by atoms with van der Waals surface area (Å²) in [7, 11) is -2.92. The van der Waals surface area contributed by atoms with Gasteiger partial charge in [-0.25, -0.2) is 18.9 Å². The number of sulfone groups is 1. The second kappa shape index (κ2) is 4.58. The van der Waals surface area contributed by atoms with Gasteiger partial charge in [0.1, 0.15) is 0 Å². The largest absolute Gasteiger partial charge is 0.379 e. The molecule has 0 saturated carbocycles. The zero-order chi connectivity index (χ0) is 11.6. The summed E-state index contributed by atoms with van der Waals surface area (Å²) in [6, 6.07) is 0. The Morgan fingerprint density at radius 1 is 1.38 bits per heavy atom. The van der Waals surface area contributed by atoms with E-state index < -0.39 is 15.4 Å². The van der Waals surface area contributed by atoms with Crippen LogP contribution in [0.1, 0.15) is 6.42 Å².